The van der Waals surface area contributed by atoms with Crippen molar-refractivity contribution in [2.24, 2.45) is 5.92 Å². The van der Waals surface area contributed by atoms with Crippen molar-refractivity contribution in [1.82, 2.24) is 15.5 Å². The molecule has 0 aliphatic carbocycles. The number of hydrogen-bond acceptors (Lipinski definition) is 7. The molecule has 1 heterocycles. The van der Waals surface area contributed by atoms with Crippen molar-refractivity contribution in [2.75, 3.05) is 5.32 Å². The minimum Gasteiger partial charge on any atom is -0.382 e. The van der Waals surface area contributed by atoms with Crippen molar-refractivity contribution in [3.05, 3.63) is 35.4 Å². The molecule has 0 aliphatic rings. The first-order chi connectivity index (χ1) is 13.6. The summed E-state index contributed by atoms with van der Waals surface area (Å²) >= 11 is 2.43. The molecule has 0 unspecified atom stereocenters. The number of halogens is 3. The number of amides is 2. The van der Waals surface area contributed by atoms with Gasteiger partial charge >= 0.3 is 12.2 Å². The Labute approximate surface area is 173 Å². The van der Waals surface area contributed by atoms with Gasteiger partial charge in [0.15, 0.2) is 10.4 Å². The maximum absolute atomic E-state index is 12.7. The number of urea groups is 1. The average molecular weight is 445 g/mol. The summed E-state index contributed by atoms with van der Waals surface area (Å²) in [7, 11) is 0. The number of rotatable bonds is 7. The third kappa shape index (κ3) is 6.88. The number of hydrogen-bond donors (Lipinski definition) is 3. The quantitative estimate of drug-likeness (QED) is 0.442. The van der Waals surface area contributed by atoms with Crippen LogP contribution in [0, 0.1) is 17.2 Å². The van der Waals surface area contributed by atoms with Crippen LogP contribution in [0.2, 0.25) is 0 Å². The highest BCUT2D eigenvalue weighted by atomic mass is 32.2. The van der Waals surface area contributed by atoms with Crippen LogP contribution < -0.4 is 10.6 Å². The monoisotopic (exact) mass is 445 g/mol. The van der Waals surface area contributed by atoms with Crippen LogP contribution in [0.4, 0.5) is 23.1 Å². The molecule has 1 aromatic carbocycles. The number of aliphatic hydroxyl groups excluding tert-OH is 1. The zero-order valence-electron chi connectivity index (χ0n) is 15.4. The number of aliphatic hydroxyl groups is 1. The molecule has 1 aromatic heterocycles. The van der Waals surface area contributed by atoms with Crippen LogP contribution in [0.15, 0.2) is 28.6 Å². The summed E-state index contributed by atoms with van der Waals surface area (Å²) in [4.78, 5) is 12.0. The molecule has 0 radical (unpaired) electrons. The number of carbonyl (C=O) groups is 1. The number of nitrogens with one attached hydrogen (secondary N) is 2. The second-order valence-electron chi connectivity index (χ2n) is 6.33. The number of nitrogens with zero attached hydrogens (tertiary/aromatic N) is 3. The molecule has 0 spiro atoms. The van der Waals surface area contributed by atoms with Crippen LogP contribution in [0.5, 0.6) is 0 Å². The van der Waals surface area contributed by atoms with Gasteiger partial charge in [-0.05, 0) is 23.6 Å². The van der Waals surface area contributed by atoms with Crippen LogP contribution in [-0.4, -0.2) is 39.7 Å². The van der Waals surface area contributed by atoms with E-state index in [1.807, 2.05) is 18.2 Å². The minimum absolute atomic E-state index is 0.119. The second-order valence-corrected chi connectivity index (χ2v) is 8.53. The molecule has 7 nitrogen and oxygen atoms in total. The molecular formula is C17H18F3N5O2S2. The number of alkyl halides is 3. The Bertz CT molecular complexity index is 865. The van der Waals surface area contributed by atoms with E-state index in [1.54, 1.807) is 12.1 Å². The third-order valence-corrected chi connectivity index (χ3v) is 5.81. The Balaban J connectivity index is 1.91. The van der Waals surface area contributed by atoms with Gasteiger partial charge in [-0.2, -0.15) is 18.4 Å². The molecule has 2 atom stereocenters. The van der Waals surface area contributed by atoms with Crippen molar-refractivity contribution in [3.8, 4) is 6.07 Å². The number of anilines is 1. The lowest BCUT2D eigenvalue weighted by molar-refractivity contribution is -0.214. The van der Waals surface area contributed by atoms with Gasteiger partial charge < -0.3 is 10.4 Å². The van der Waals surface area contributed by atoms with E-state index in [1.165, 1.54) is 25.6 Å². The Kier molecular flexibility index (Phi) is 7.83. The molecule has 0 fully saturated rings. The first-order valence-corrected chi connectivity index (χ1v) is 10.2. The smallest absolute Gasteiger partial charge is 0.382 e. The fourth-order valence-electron chi connectivity index (χ4n) is 2.24. The average Bonchev–Trinajstić information content (AvgIpc) is 3.10. The van der Waals surface area contributed by atoms with E-state index in [0.717, 1.165) is 16.9 Å². The summed E-state index contributed by atoms with van der Waals surface area (Å²) < 4.78 is 38.8. The lowest BCUT2D eigenvalue weighted by atomic mass is 9.98. The zero-order chi connectivity index (χ0) is 21.6. The summed E-state index contributed by atoms with van der Waals surface area (Å²) in [6, 6.07) is 6.65. The Morgan fingerprint density at radius 3 is 2.52 bits per heavy atom. The van der Waals surface area contributed by atoms with Crippen LogP contribution in [0.25, 0.3) is 0 Å². The fourth-order valence-corrected chi connectivity index (χ4v) is 3.94. The van der Waals surface area contributed by atoms with Crippen molar-refractivity contribution >= 4 is 34.3 Å². The molecule has 2 rings (SSSR count). The van der Waals surface area contributed by atoms with Gasteiger partial charge in [-0.15, -0.1) is 10.2 Å². The van der Waals surface area contributed by atoms with Gasteiger partial charge in [0.1, 0.15) is 0 Å². The van der Waals surface area contributed by atoms with E-state index < -0.39 is 30.3 Å². The SMILES string of the molecule is CC(C)[C@H](NC(=O)Nc1nnc(SCc2ccc(C#N)cc2)s1)[C@H](O)C(F)(F)F. The summed E-state index contributed by atoms with van der Waals surface area (Å²) in [5.74, 6) is -0.0787. The maximum atomic E-state index is 12.7. The van der Waals surface area contributed by atoms with Gasteiger partial charge in [0, 0.05) is 5.75 Å². The van der Waals surface area contributed by atoms with Crippen LogP contribution >= 0.6 is 23.1 Å². The van der Waals surface area contributed by atoms with E-state index >= 15 is 0 Å². The van der Waals surface area contributed by atoms with Crippen molar-refractivity contribution in [1.29, 1.82) is 5.26 Å². The molecule has 2 amide bonds. The van der Waals surface area contributed by atoms with Gasteiger partial charge in [-0.1, -0.05) is 49.1 Å². The van der Waals surface area contributed by atoms with Crippen LogP contribution in [-0.2, 0) is 5.75 Å². The molecule has 0 saturated heterocycles. The van der Waals surface area contributed by atoms with Gasteiger partial charge in [0.25, 0.3) is 0 Å². The summed E-state index contributed by atoms with van der Waals surface area (Å²) in [6.45, 7) is 2.92. The fraction of sp³-hybridized carbons (Fsp3) is 0.412. The van der Waals surface area contributed by atoms with Gasteiger partial charge in [0.2, 0.25) is 5.13 Å². The molecule has 0 saturated carbocycles. The van der Waals surface area contributed by atoms with Crippen LogP contribution in [0.3, 0.4) is 0 Å². The Morgan fingerprint density at radius 1 is 1.31 bits per heavy atom. The zero-order valence-corrected chi connectivity index (χ0v) is 17.0. The molecule has 156 valence electrons. The van der Waals surface area contributed by atoms with E-state index in [9.17, 15) is 23.1 Å². The molecule has 0 bridgehead atoms. The van der Waals surface area contributed by atoms with Crippen LogP contribution in [0.1, 0.15) is 25.0 Å². The first-order valence-electron chi connectivity index (χ1n) is 8.37. The molecule has 2 aromatic rings. The highest BCUT2D eigenvalue weighted by Gasteiger charge is 2.45. The standard InChI is InChI=1S/C17H18F3N5O2S2/c1-9(2)12(13(26)17(18,19)20)22-14(27)23-15-24-25-16(29-15)28-8-11-5-3-10(7-21)4-6-11/h3-6,9,12-13,26H,8H2,1-2H3,(H2,22,23,24,27)/t12-,13-/m0/s1. The van der Waals surface area contributed by atoms with Crippen molar-refractivity contribution in [3.63, 3.8) is 0 Å². The number of benzene rings is 1. The highest BCUT2D eigenvalue weighted by molar-refractivity contribution is 8.00. The summed E-state index contributed by atoms with van der Waals surface area (Å²) in [6.07, 6.45) is -7.53. The number of thioether (sulfide) groups is 1. The predicted octanol–water partition coefficient (Wildman–Crippen LogP) is 3.77. The Hall–Kier alpha value is -2.36. The lowest BCUT2D eigenvalue weighted by Crippen LogP contribution is -2.53. The van der Waals surface area contributed by atoms with Gasteiger partial charge in [-0.3, -0.25) is 5.32 Å². The highest BCUT2D eigenvalue weighted by Crippen LogP contribution is 2.29. The number of aromatic nitrogens is 2. The van der Waals surface area contributed by atoms with E-state index in [-0.39, 0.29) is 5.13 Å². The second kappa shape index (κ2) is 9.91. The number of nitriles is 1. The van der Waals surface area contributed by atoms with Gasteiger partial charge in [0.05, 0.1) is 17.7 Å². The topological polar surface area (TPSA) is 111 Å². The lowest BCUT2D eigenvalue weighted by Gasteiger charge is -2.28. The normalized spacial score (nSPS) is 13.6. The van der Waals surface area contributed by atoms with Crippen molar-refractivity contribution in [2.45, 2.75) is 42.3 Å². The summed E-state index contributed by atoms with van der Waals surface area (Å²) in [5.41, 5.74) is 1.53. The first kappa shape index (κ1) is 22.9. The van der Waals surface area contributed by atoms with Gasteiger partial charge in [-0.25, -0.2) is 4.79 Å². The predicted molar refractivity (Wildman–Crippen MR) is 103 cm³/mol. The minimum atomic E-state index is -4.85. The summed E-state index contributed by atoms with van der Waals surface area (Å²) in [5, 5.41) is 30.5. The maximum Gasteiger partial charge on any atom is 0.416 e. The molecule has 3 N–H and O–H groups in total. The van der Waals surface area contributed by atoms with E-state index in [0.29, 0.717) is 15.7 Å². The number of carbonyl (C=O) groups excluding carboxylic acids is 1. The largest absolute Gasteiger partial charge is 0.416 e. The van der Waals surface area contributed by atoms with E-state index in [2.05, 4.69) is 20.8 Å². The molecule has 29 heavy (non-hydrogen) atoms. The third-order valence-electron chi connectivity index (χ3n) is 3.76. The van der Waals surface area contributed by atoms with Crippen molar-refractivity contribution < 1.29 is 23.1 Å². The Morgan fingerprint density at radius 2 is 1.97 bits per heavy atom. The molecule has 12 heteroatoms. The molecule has 0 aliphatic heterocycles. The molecular weight excluding hydrogens is 427 g/mol. The van der Waals surface area contributed by atoms with E-state index in [4.69, 9.17) is 5.26 Å².